The predicted molar refractivity (Wildman–Crippen MR) is 54.5 cm³/mol. The van der Waals surface area contributed by atoms with Gasteiger partial charge in [0.05, 0.1) is 6.10 Å². The van der Waals surface area contributed by atoms with Crippen LogP contribution in [0.4, 0.5) is 0 Å². The van der Waals surface area contributed by atoms with E-state index in [2.05, 4.69) is 6.08 Å². The molecule has 0 radical (unpaired) electrons. The Kier molecular flexibility index (Phi) is 3.05. The number of rotatable bonds is 1. The highest BCUT2D eigenvalue weighted by Gasteiger charge is 2.20. The van der Waals surface area contributed by atoms with Gasteiger partial charge in [-0.1, -0.05) is 25.3 Å². The van der Waals surface area contributed by atoms with Crippen molar-refractivity contribution in [1.29, 1.82) is 0 Å². The van der Waals surface area contributed by atoms with Crippen LogP contribution in [-0.4, -0.2) is 11.2 Å². The molecule has 1 N–H and O–H groups in total. The molecule has 0 amide bonds. The second-order valence-corrected chi connectivity index (χ2v) is 4.55. The maximum atomic E-state index is 9.65. The molecule has 0 aliphatic heterocycles. The van der Waals surface area contributed by atoms with Gasteiger partial charge in [-0.2, -0.15) is 0 Å². The molecule has 0 aromatic carbocycles. The van der Waals surface area contributed by atoms with Gasteiger partial charge < -0.3 is 5.11 Å². The SMILES string of the molecule is O[C@@H]1CCC/C1=C\C1CCCCC1. The maximum Gasteiger partial charge on any atom is 0.0750 e. The Morgan fingerprint density at radius 3 is 2.38 bits per heavy atom. The highest BCUT2D eigenvalue weighted by Crippen LogP contribution is 2.31. The van der Waals surface area contributed by atoms with Crippen molar-refractivity contribution in [3.63, 3.8) is 0 Å². The zero-order chi connectivity index (χ0) is 9.10. The van der Waals surface area contributed by atoms with E-state index >= 15 is 0 Å². The van der Waals surface area contributed by atoms with Crippen molar-refractivity contribution in [3.05, 3.63) is 11.6 Å². The Balaban J connectivity index is 1.93. The van der Waals surface area contributed by atoms with Gasteiger partial charge in [0.2, 0.25) is 0 Å². The Labute approximate surface area is 80.8 Å². The summed E-state index contributed by atoms with van der Waals surface area (Å²) in [5, 5.41) is 9.65. The van der Waals surface area contributed by atoms with Crippen LogP contribution in [0.1, 0.15) is 51.4 Å². The summed E-state index contributed by atoms with van der Waals surface area (Å²) in [5.41, 5.74) is 1.34. The highest BCUT2D eigenvalue weighted by atomic mass is 16.3. The molecule has 0 bridgehead atoms. The van der Waals surface area contributed by atoms with Crippen LogP contribution in [0.3, 0.4) is 0 Å². The smallest absolute Gasteiger partial charge is 0.0750 e. The fourth-order valence-corrected chi connectivity index (χ4v) is 2.65. The molecule has 74 valence electrons. The normalized spacial score (nSPS) is 34.2. The zero-order valence-corrected chi connectivity index (χ0v) is 8.34. The standard InChI is InChI=1S/C12H20O/c13-12-8-4-7-11(12)9-10-5-2-1-3-6-10/h9-10,12-13H,1-8H2/b11-9+/t12-/m1/s1. The lowest BCUT2D eigenvalue weighted by Crippen LogP contribution is -2.07. The van der Waals surface area contributed by atoms with E-state index in [9.17, 15) is 5.11 Å². The highest BCUT2D eigenvalue weighted by molar-refractivity contribution is 5.14. The molecule has 0 spiro atoms. The predicted octanol–water partition coefficient (Wildman–Crippen LogP) is 3.04. The maximum absolute atomic E-state index is 9.65. The topological polar surface area (TPSA) is 20.2 Å². The van der Waals surface area contributed by atoms with E-state index < -0.39 is 0 Å². The largest absolute Gasteiger partial charge is 0.389 e. The second-order valence-electron chi connectivity index (χ2n) is 4.55. The van der Waals surface area contributed by atoms with Gasteiger partial charge in [0.15, 0.2) is 0 Å². The van der Waals surface area contributed by atoms with Crippen LogP contribution in [-0.2, 0) is 0 Å². The fraction of sp³-hybridized carbons (Fsp3) is 0.833. The number of hydrogen-bond donors (Lipinski definition) is 1. The van der Waals surface area contributed by atoms with Gasteiger partial charge in [0, 0.05) is 0 Å². The second kappa shape index (κ2) is 4.28. The van der Waals surface area contributed by atoms with Crippen LogP contribution < -0.4 is 0 Å². The lowest BCUT2D eigenvalue weighted by atomic mass is 9.87. The van der Waals surface area contributed by atoms with Crippen LogP contribution in [0.2, 0.25) is 0 Å². The quantitative estimate of drug-likeness (QED) is 0.615. The molecule has 0 aromatic heterocycles. The summed E-state index contributed by atoms with van der Waals surface area (Å²) < 4.78 is 0. The lowest BCUT2D eigenvalue weighted by molar-refractivity contribution is 0.216. The van der Waals surface area contributed by atoms with Crippen molar-refractivity contribution in [2.75, 3.05) is 0 Å². The van der Waals surface area contributed by atoms with E-state index in [0.29, 0.717) is 0 Å². The number of allylic oxidation sites excluding steroid dienone is 1. The van der Waals surface area contributed by atoms with Crippen molar-refractivity contribution in [3.8, 4) is 0 Å². The fourth-order valence-electron chi connectivity index (χ4n) is 2.65. The third kappa shape index (κ3) is 2.34. The summed E-state index contributed by atoms with van der Waals surface area (Å²) in [5.74, 6) is 0.788. The lowest BCUT2D eigenvalue weighted by Gasteiger charge is -2.19. The number of hydrogen-bond acceptors (Lipinski definition) is 1. The molecule has 13 heavy (non-hydrogen) atoms. The molecule has 2 aliphatic carbocycles. The van der Waals surface area contributed by atoms with Crippen molar-refractivity contribution in [2.24, 2.45) is 5.92 Å². The van der Waals surface area contributed by atoms with Gasteiger partial charge in [-0.05, 0) is 43.6 Å². The minimum Gasteiger partial charge on any atom is -0.389 e. The van der Waals surface area contributed by atoms with Crippen LogP contribution in [0.15, 0.2) is 11.6 Å². The summed E-state index contributed by atoms with van der Waals surface area (Å²) in [6.45, 7) is 0. The van der Waals surface area contributed by atoms with Crippen molar-refractivity contribution in [2.45, 2.75) is 57.5 Å². The van der Waals surface area contributed by atoms with E-state index in [0.717, 1.165) is 18.8 Å². The van der Waals surface area contributed by atoms with Crippen LogP contribution >= 0.6 is 0 Å². The van der Waals surface area contributed by atoms with Crippen molar-refractivity contribution in [1.82, 2.24) is 0 Å². The molecule has 0 saturated heterocycles. The molecule has 2 aliphatic rings. The molecule has 2 saturated carbocycles. The summed E-state index contributed by atoms with van der Waals surface area (Å²) >= 11 is 0. The minimum atomic E-state index is -0.0954. The van der Waals surface area contributed by atoms with Gasteiger partial charge in [0.25, 0.3) is 0 Å². The van der Waals surface area contributed by atoms with Gasteiger partial charge in [-0.15, -0.1) is 0 Å². The average Bonchev–Trinajstić information content (AvgIpc) is 2.54. The van der Waals surface area contributed by atoms with E-state index in [4.69, 9.17) is 0 Å². The Bertz CT molecular complexity index is 189. The molecule has 0 heterocycles. The molecular formula is C12H20O. The Hall–Kier alpha value is -0.300. The first-order valence-electron chi connectivity index (χ1n) is 5.75. The molecular weight excluding hydrogens is 160 g/mol. The van der Waals surface area contributed by atoms with Gasteiger partial charge in [-0.3, -0.25) is 0 Å². The molecule has 1 heteroatoms. The van der Waals surface area contributed by atoms with E-state index in [-0.39, 0.29) is 6.10 Å². The molecule has 2 fully saturated rings. The number of aliphatic hydroxyl groups is 1. The summed E-state index contributed by atoms with van der Waals surface area (Å²) in [7, 11) is 0. The third-order valence-electron chi connectivity index (χ3n) is 3.47. The molecule has 0 aromatic rings. The molecule has 2 rings (SSSR count). The first-order valence-corrected chi connectivity index (χ1v) is 5.75. The van der Waals surface area contributed by atoms with E-state index in [1.165, 1.54) is 44.1 Å². The van der Waals surface area contributed by atoms with Crippen molar-refractivity contribution < 1.29 is 5.11 Å². The van der Waals surface area contributed by atoms with E-state index in [1.807, 2.05) is 0 Å². The molecule has 0 unspecified atom stereocenters. The average molecular weight is 180 g/mol. The zero-order valence-electron chi connectivity index (χ0n) is 8.34. The Morgan fingerprint density at radius 1 is 1.00 bits per heavy atom. The first kappa shape index (κ1) is 9.26. The van der Waals surface area contributed by atoms with Crippen molar-refractivity contribution >= 4 is 0 Å². The van der Waals surface area contributed by atoms with Gasteiger partial charge in [0.1, 0.15) is 0 Å². The van der Waals surface area contributed by atoms with Gasteiger partial charge in [-0.25, -0.2) is 0 Å². The molecule has 1 nitrogen and oxygen atoms in total. The van der Waals surface area contributed by atoms with Crippen LogP contribution in [0.25, 0.3) is 0 Å². The van der Waals surface area contributed by atoms with Gasteiger partial charge >= 0.3 is 0 Å². The summed E-state index contributed by atoms with van der Waals surface area (Å²) in [4.78, 5) is 0. The monoisotopic (exact) mass is 180 g/mol. The number of aliphatic hydroxyl groups excluding tert-OH is 1. The summed E-state index contributed by atoms with van der Waals surface area (Å²) in [6, 6.07) is 0. The summed E-state index contributed by atoms with van der Waals surface area (Å²) in [6.07, 6.45) is 12.6. The molecule has 1 atom stereocenters. The van der Waals surface area contributed by atoms with Crippen LogP contribution in [0, 0.1) is 5.92 Å². The van der Waals surface area contributed by atoms with Crippen LogP contribution in [0.5, 0.6) is 0 Å². The Morgan fingerprint density at radius 2 is 1.77 bits per heavy atom. The first-order chi connectivity index (χ1) is 6.36. The minimum absolute atomic E-state index is 0.0954. The van der Waals surface area contributed by atoms with E-state index in [1.54, 1.807) is 0 Å². The third-order valence-corrected chi connectivity index (χ3v) is 3.47.